The van der Waals surface area contributed by atoms with Gasteiger partial charge in [0, 0.05) is 37.9 Å². The van der Waals surface area contributed by atoms with Gasteiger partial charge in [-0.05, 0) is 24.5 Å². The normalized spacial score (nSPS) is 12.0. The molecule has 120 valence electrons. The van der Waals surface area contributed by atoms with Crippen LogP contribution in [0.3, 0.4) is 0 Å². The molecule has 8 heteroatoms. The number of methoxy groups -OCH3 is 2. The number of rotatable bonds is 9. The summed E-state index contributed by atoms with van der Waals surface area (Å²) in [5.41, 5.74) is 6.34. The van der Waals surface area contributed by atoms with Gasteiger partial charge < -0.3 is 15.2 Å². The van der Waals surface area contributed by atoms with E-state index < -0.39 is 10.0 Å². The van der Waals surface area contributed by atoms with E-state index in [1.165, 1.54) is 36.4 Å². The highest BCUT2D eigenvalue weighted by Crippen LogP contribution is 2.26. The second-order valence-corrected chi connectivity index (χ2v) is 7.08. The van der Waals surface area contributed by atoms with Crippen LogP contribution in [0, 0.1) is 0 Å². The fraction of sp³-hybridized carbons (Fsp3) is 0.538. The number of thioether (sulfide) groups is 1. The van der Waals surface area contributed by atoms with Gasteiger partial charge >= 0.3 is 0 Å². The Morgan fingerprint density at radius 3 is 2.19 bits per heavy atom. The summed E-state index contributed by atoms with van der Waals surface area (Å²) in [6.07, 6.45) is 1.89. The fourth-order valence-corrected chi connectivity index (χ4v) is 3.70. The molecule has 0 aliphatic rings. The van der Waals surface area contributed by atoms with Crippen molar-refractivity contribution in [2.24, 2.45) is 0 Å². The van der Waals surface area contributed by atoms with Gasteiger partial charge in [0.1, 0.15) is 0 Å². The van der Waals surface area contributed by atoms with Crippen molar-refractivity contribution in [1.29, 1.82) is 0 Å². The Kier molecular flexibility index (Phi) is 7.47. The van der Waals surface area contributed by atoms with E-state index in [1.54, 1.807) is 12.1 Å². The minimum atomic E-state index is -3.61. The molecule has 0 unspecified atom stereocenters. The zero-order chi connectivity index (χ0) is 15.9. The van der Waals surface area contributed by atoms with E-state index in [4.69, 9.17) is 15.2 Å². The summed E-state index contributed by atoms with van der Waals surface area (Å²) < 4.78 is 36.6. The monoisotopic (exact) mass is 334 g/mol. The average Bonchev–Trinajstić information content (AvgIpc) is 2.47. The number of sulfonamides is 1. The minimum Gasteiger partial charge on any atom is -0.398 e. The second kappa shape index (κ2) is 8.60. The lowest BCUT2D eigenvalue weighted by molar-refractivity contribution is 0.150. The van der Waals surface area contributed by atoms with Gasteiger partial charge in [-0.2, -0.15) is 4.31 Å². The van der Waals surface area contributed by atoms with Gasteiger partial charge in [0.05, 0.1) is 18.1 Å². The quantitative estimate of drug-likeness (QED) is 0.541. The van der Waals surface area contributed by atoms with Gasteiger partial charge in [-0.15, -0.1) is 11.8 Å². The highest BCUT2D eigenvalue weighted by atomic mass is 32.2. The van der Waals surface area contributed by atoms with Crippen LogP contribution >= 0.6 is 11.8 Å². The number of nitrogen functional groups attached to an aromatic ring is 1. The molecule has 21 heavy (non-hydrogen) atoms. The van der Waals surface area contributed by atoms with Crippen LogP contribution in [0.25, 0.3) is 0 Å². The summed E-state index contributed by atoms with van der Waals surface area (Å²) >= 11 is 1.48. The molecule has 0 aliphatic heterocycles. The van der Waals surface area contributed by atoms with Crippen molar-refractivity contribution >= 4 is 27.5 Å². The Labute approximate surface area is 130 Å². The van der Waals surface area contributed by atoms with E-state index in [0.29, 0.717) is 18.9 Å². The molecule has 0 spiro atoms. The first-order chi connectivity index (χ1) is 9.97. The molecule has 1 aromatic carbocycles. The van der Waals surface area contributed by atoms with Crippen LogP contribution in [0.1, 0.15) is 0 Å². The SMILES string of the molecule is COCCN(CCOC)S(=O)(=O)c1ccc(SC)c(N)c1. The third-order valence-corrected chi connectivity index (χ3v) is 5.63. The Morgan fingerprint density at radius 2 is 1.76 bits per heavy atom. The Hall–Kier alpha value is -0.800. The zero-order valence-corrected chi connectivity index (χ0v) is 14.2. The first-order valence-electron chi connectivity index (χ1n) is 6.39. The molecule has 0 amide bonds. The lowest BCUT2D eigenvalue weighted by Crippen LogP contribution is -2.36. The highest BCUT2D eigenvalue weighted by Gasteiger charge is 2.24. The van der Waals surface area contributed by atoms with Crippen LogP contribution in [0.5, 0.6) is 0 Å². The summed E-state index contributed by atoms with van der Waals surface area (Å²) in [5, 5.41) is 0. The molecule has 0 bridgehead atoms. The third-order valence-electron chi connectivity index (χ3n) is 2.93. The molecule has 0 heterocycles. The van der Waals surface area contributed by atoms with Gasteiger partial charge in [-0.3, -0.25) is 0 Å². The molecular weight excluding hydrogens is 312 g/mol. The van der Waals surface area contributed by atoms with E-state index in [1.807, 2.05) is 6.26 Å². The highest BCUT2D eigenvalue weighted by molar-refractivity contribution is 7.98. The Balaban J connectivity index is 3.06. The predicted octanol–water partition coefficient (Wildman–Crippen LogP) is 1.27. The largest absolute Gasteiger partial charge is 0.398 e. The molecule has 1 rings (SSSR count). The first kappa shape index (κ1) is 18.2. The van der Waals surface area contributed by atoms with Crippen molar-refractivity contribution in [3.63, 3.8) is 0 Å². The summed E-state index contributed by atoms with van der Waals surface area (Å²) in [4.78, 5) is 1.04. The van der Waals surface area contributed by atoms with E-state index in [0.717, 1.165) is 4.90 Å². The lowest BCUT2D eigenvalue weighted by atomic mass is 10.3. The molecule has 0 aliphatic carbocycles. The number of hydrogen-bond donors (Lipinski definition) is 1. The molecule has 0 saturated carbocycles. The van der Waals surface area contributed by atoms with E-state index >= 15 is 0 Å². The van der Waals surface area contributed by atoms with Crippen LogP contribution < -0.4 is 5.73 Å². The standard InChI is InChI=1S/C13H22N2O4S2/c1-18-8-6-15(7-9-19-2)21(16,17)11-4-5-13(20-3)12(14)10-11/h4-5,10H,6-9,14H2,1-3H3. The lowest BCUT2D eigenvalue weighted by Gasteiger charge is -2.22. The van der Waals surface area contributed by atoms with Crippen LogP contribution in [-0.2, 0) is 19.5 Å². The molecule has 0 aromatic heterocycles. The summed E-state index contributed by atoms with van der Waals surface area (Å²) in [7, 11) is -0.541. The molecule has 0 radical (unpaired) electrons. The fourth-order valence-electron chi connectivity index (χ4n) is 1.76. The summed E-state index contributed by atoms with van der Waals surface area (Å²) in [6, 6.07) is 4.79. The molecule has 2 N–H and O–H groups in total. The summed E-state index contributed by atoms with van der Waals surface area (Å²) in [6.45, 7) is 1.18. The number of hydrogen-bond acceptors (Lipinski definition) is 6. The van der Waals surface area contributed by atoms with E-state index in [2.05, 4.69) is 0 Å². The molecule has 6 nitrogen and oxygen atoms in total. The second-order valence-electron chi connectivity index (χ2n) is 4.29. The minimum absolute atomic E-state index is 0.185. The van der Waals surface area contributed by atoms with Crippen LogP contribution in [0.4, 0.5) is 5.69 Å². The van der Waals surface area contributed by atoms with Crippen LogP contribution in [-0.4, -0.2) is 59.5 Å². The maximum Gasteiger partial charge on any atom is 0.243 e. The number of nitrogens with zero attached hydrogens (tertiary/aromatic N) is 1. The van der Waals surface area contributed by atoms with Gasteiger partial charge in [-0.25, -0.2) is 8.42 Å². The van der Waals surface area contributed by atoms with Gasteiger partial charge in [0.2, 0.25) is 10.0 Å². The van der Waals surface area contributed by atoms with Crippen molar-refractivity contribution in [3.05, 3.63) is 18.2 Å². The molecule has 0 saturated heterocycles. The van der Waals surface area contributed by atoms with Crippen molar-refractivity contribution in [2.75, 3.05) is 52.5 Å². The number of benzene rings is 1. The van der Waals surface area contributed by atoms with Crippen molar-refractivity contribution in [1.82, 2.24) is 4.31 Å². The topological polar surface area (TPSA) is 81.9 Å². The molecule has 0 atom stereocenters. The average molecular weight is 334 g/mol. The molecular formula is C13H22N2O4S2. The molecule has 0 fully saturated rings. The Bertz CT molecular complexity index is 541. The van der Waals surface area contributed by atoms with E-state index in [9.17, 15) is 8.42 Å². The van der Waals surface area contributed by atoms with Crippen molar-refractivity contribution < 1.29 is 17.9 Å². The zero-order valence-electron chi connectivity index (χ0n) is 12.5. The van der Waals surface area contributed by atoms with Crippen LogP contribution in [0.15, 0.2) is 28.0 Å². The van der Waals surface area contributed by atoms with Gasteiger partial charge in [0.25, 0.3) is 0 Å². The maximum atomic E-state index is 12.6. The van der Waals surface area contributed by atoms with Crippen LogP contribution in [0.2, 0.25) is 0 Å². The summed E-state index contributed by atoms with van der Waals surface area (Å²) in [5.74, 6) is 0. The number of ether oxygens (including phenoxy) is 2. The van der Waals surface area contributed by atoms with E-state index in [-0.39, 0.29) is 18.0 Å². The van der Waals surface area contributed by atoms with Crippen molar-refractivity contribution in [2.45, 2.75) is 9.79 Å². The maximum absolute atomic E-state index is 12.6. The number of anilines is 1. The third kappa shape index (κ3) is 4.86. The smallest absolute Gasteiger partial charge is 0.243 e. The Morgan fingerprint density at radius 1 is 1.19 bits per heavy atom. The van der Waals surface area contributed by atoms with Gasteiger partial charge in [0.15, 0.2) is 0 Å². The van der Waals surface area contributed by atoms with Gasteiger partial charge in [-0.1, -0.05) is 0 Å². The first-order valence-corrected chi connectivity index (χ1v) is 9.05. The number of nitrogens with two attached hydrogens (primary N) is 1. The molecule has 1 aromatic rings. The van der Waals surface area contributed by atoms with Crippen molar-refractivity contribution in [3.8, 4) is 0 Å². The predicted molar refractivity (Wildman–Crippen MR) is 85.1 cm³/mol.